The number of rotatable bonds is 4. The maximum atomic E-state index is 11.9. The van der Waals surface area contributed by atoms with Crippen molar-refractivity contribution in [1.29, 1.82) is 0 Å². The zero-order valence-electron chi connectivity index (χ0n) is 10.9. The number of anilines is 1. The van der Waals surface area contributed by atoms with Crippen molar-refractivity contribution in [1.82, 2.24) is 19.7 Å². The molecule has 0 fully saturated rings. The highest BCUT2D eigenvalue weighted by molar-refractivity contribution is 7.89. The van der Waals surface area contributed by atoms with Crippen LogP contribution in [0.15, 0.2) is 35.4 Å². The molecule has 0 spiro atoms. The summed E-state index contributed by atoms with van der Waals surface area (Å²) in [5.74, 6) is -0.429. The molecule has 106 valence electrons. The van der Waals surface area contributed by atoms with Gasteiger partial charge in [0.05, 0.1) is 11.1 Å². The fraction of sp³-hybridized carbons (Fsp3) is 0.182. The van der Waals surface area contributed by atoms with Crippen LogP contribution in [0.1, 0.15) is 10.5 Å². The third-order valence-corrected chi connectivity index (χ3v) is 4.37. The van der Waals surface area contributed by atoms with Crippen LogP contribution < -0.4 is 5.32 Å². The minimum Gasteiger partial charge on any atom is -0.321 e. The van der Waals surface area contributed by atoms with Gasteiger partial charge in [-0.2, -0.15) is 15.4 Å². The highest BCUT2D eigenvalue weighted by Gasteiger charge is 2.17. The van der Waals surface area contributed by atoms with Gasteiger partial charge in [-0.1, -0.05) is 0 Å². The van der Waals surface area contributed by atoms with Gasteiger partial charge in [0.25, 0.3) is 5.91 Å². The number of carbonyl (C=O) groups is 1. The number of aromatic amines is 1. The first kappa shape index (κ1) is 14.2. The monoisotopic (exact) mass is 295 g/mol. The molecule has 0 atom stereocenters. The Hall–Kier alpha value is -2.26. The number of carbonyl (C=O) groups excluding carboxylic acids is 1. The number of amides is 1. The van der Waals surface area contributed by atoms with E-state index in [4.69, 9.17) is 0 Å². The fourth-order valence-electron chi connectivity index (χ4n) is 1.43. The van der Waals surface area contributed by atoms with Gasteiger partial charge in [0.2, 0.25) is 10.0 Å². The lowest BCUT2D eigenvalue weighted by Gasteiger charge is -2.11. The van der Waals surface area contributed by atoms with Crippen molar-refractivity contribution in [2.24, 2.45) is 0 Å². The van der Waals surface area contributed by atoms with E-state index in [-0.39, 0.29) is 10.6 Å². The van der Waals surface area contributed by atoms with E-state index in [2.05, 4.69) is 20.7 Å². The molecule has 1 heterocycles. The van der Waals surface area contributed by atoms with Crippen LogP contribution in [-0.4, -0.2) is 48.1 Å². The van der Waals surface area contributed by atoms with E-state index in [0.717, 1.165) is 4.31 Å². The fourth-order valence-corrected chi connectivity index (χ4v) is 2.33. The Morgan fingerprint density at radius 2 is 1.90 bits per heavy atom. The molecule has 0 aliphatic carbocycles. The summed E-state index contributed by atoms with van der Waals surface area (Å²) >= 11 is 0. The van der Waals surface area contributed by atoms with E-state index in [0.29, 0.717) is 5.69 Å². The molecule has 2 rings (SSSR count). The Labute approximate surface area is 115 Å². The van der Waals surface area contributed by atoms with Crippen LogP contribution in [0.4, 0.5) is 5.69 Å². The van der Waals surface area contributed by atoms with Crippen molar-refractivity contribution < 1.29 is 13.2 Å². The van der Waals surface area contributed by atoms with E-state index < -0.39 is 15.9 Å². The predicted molar refractivity (Wildman–Crippen MR) is 71.7 cm³/mol. The molecule has 1 aromatic carbocycles. The van der Waals surface area contributed by atoms with Gasteiger partial charge in [-0.15, -0.1) is 0 Å². The van der Waals surface area contributed by atoms with Gasteiger partial charge in [0.15, 0.2) is 5.69 Å². The van der Waals surface area contributed by atoms with Crippen LogP contribution in [0, 0.1) is 0 Å². The summed E-state index contributed by atoms with van der Waals surface area (Å²) in [5, 5.41) is 12.1. The molecule has 1 amide bonds. The van der Waals surface area contributed by atoms with Crippen molar-refractivity contribution in [3.63, 3.8) is 0 Å². The Bertz CT molecular complexity index is 692. The lowest BCUT2D eigenvalue weighted by atomic mass is 10.3. The molecule has 0 aliphatic heterocycles. The van der Waals surface area contributed by atoms with Gasteiger partial charge in [0, 0.05) is 19.8 Å². The molecule has 0 radical (unpaired) electrons. The first-order valence-electron chi connectivity index (χ1n) is 5.61. The summed E-state index contributed by atoms with van der Waals surface area (Å²) in [6.07, 6.45) is 1.29. The third kappa shape index (κ3) is 2.83. The van der Waals surface area contributed by atoms with Crippen molar-refractivity contribution >= 4 is 21.6 Å². The number of sulfonamides is 1. The second-order valence-electron chi connectivity index (χ2n) is 4.12. The van der Waals surface area contributed by atoms with Gasteiger partial charge in [0.1, 0.15) is 0 Å². The Balaban J connectivity index is 2.15. The van der Waals surface area contributed by atoms with Crippen molar-refractivity contribution in [3.8, 4) is 0 Å². The summed E-state index contributed by atoms with van der Waals surface area (Å²) in [6, 6.07) is 5.87. The number of H-pyrrole nitrogens is 1. The molecule has 20 heavy (non-hydrogen) atoms. The number of nitrogens with zero attached hydrogens (tertiary/aromatic N) is 3. The largest absolute Gasteiger partial charge is 0.321 e. The summed E-state index contributed by atoms with van der Waals surface area (Å²) < 4.78 is 24.9. The zero-order valence-corrected chi connectivity index (χ0v) is 11.7. The molecule has 0 unspecified atom stereocenters. The van der Waals surface area contributed by atoms with Crippen LogP contribution in [0.5, 0.6) is 0 Å². The van der Waals surface area contributed by atoms with Crippen LogP contribution in [0.3, 0.4) is 0 Å². The van der Waals surface area contributed by atoms with Crippen LogP contribution in [-0.2, 0) is 10.0 Å². The average molecular weight is 295 g/mol. The molecule has 8 nitrogen and oxygen atoms in total. The van der Waals surface area contributed by atoms with Gasteiger partial charge in [-0.05, 0) is 24.3 Å². The molecule has 0 aliphatic rings. The molecule has 9 heteroatoms. The number of aromatic nitrogens is 3. The quantitative estimate of drug-likeness (QED) is 0.843. The maximum absolute atomic E-state index is 11.9. The first-order chi connectivity index (χ1) is 9.41. The second-order valence-corrected chi connectivity index (χ2v) is 6.27. The molecule has 0 saturated heterocycles. The van der Waals surface area contributed by atoms with E-state index in [1.165, 1.54) is 44.6 Å². The third-order valence-electron chi connectivity index (χ3n) is 2.54. The number of hydrogen-bond donors (Lipinski definition) is 2. The van der Waals surface area contributed by atoms with Crippen LogP contribution in [0.2, 0.25) is 0 Å². The highest BCUT2D eigenvalue weighted by atomic mass is 32.2. The summed E-state index contributed by atoms with van der Waals surface area (Å²) in [5.41, 5.74) is 0.616. The first-order valence-corrected chi connectivity index (χ1v) is 7.05. The topological polar surface area (TPSA) is 108 Å². The Morgan fingerprint density at radius 3 is 2.40 bits per heavy atom. The second kappa shape index (κ2) is 5.39. The summed E-state index contributed by atoms with van der Waals surface area (Å²) in [7, 11) is -0.564. The SMILES string of the molecule is CN(C)S(=O)(=O)c1ccc(NC(=O)c2cn[nH]n2)cc1. The van der Waals surface area contributed by atoms with Gasteiger partial charge in [-0.25, -0.2) is 12.7 Å². The van der Waals surface area contributed by atoms with Crippen molar-refractivity contribution in [2.75, 3.05) is 19.4 Å². The Morgan fingerprint density at radius 1 is 1.25 bits per heavy atom. The normalized spacial score (nSPS) is 11.6. The van der Waals surface area contributed by atoms with Crippen molar-refractivity contribution in [3.05, 3.63) is 36.2 Å². The minimum absolute atomic E-state index is 0.148. The zero-order chi connectivity index (χ0) is 14.8. The van der Waals surface area contributed by atoms with Crippen LogP contribution in [0.25, 0.3) is 0 Å². The average Bonchev–Trinajstić information content (AvgIpc) is 2.93. The lowest BCUT2D eigenvalue weighted by molar-refractivity contribution is 0.102. The van der Waals surface area contributed by atoms with Gasteiger partial charge < -0.3 is 5.32 Å². The molecule has 0 saturated carbocycles. The maximum Gasteiger partial charge on any atom is 0.277 e. The predicted octanol–water partition coefficient (Wildman–Crippen LogP) is 0.307. The summed E-state index contributed by atoms with van der Waals surface area (Å²) in [4.78, 5) is 11.9. The molecule has 2 N–H and O–H groups in total. The minimum atomic E-state index is -3.47. The van der Waals surface area contributed by atoms with E-state index in [1.54, 1.807) is 0 Å². The number of hydrogen-bond acceptors (Lipinski definition) is 5. The smallest absolute Gasteiger partial charge is 0.277 e. The van der Waals surface area contributed by atoms with E-state index in [9.17, 15) is 13.2 Å². The Kier molecular flexibility index (Phi) is 3.81. The summed E-state index contributed by atoms with van der Waals surface area (Å²) in [6.45, 7) is 0. The standard InChI is InChI=1S/C11H13N5O3S/c1-16(2)20(18,19)9-5-3-8(4-6-9)13-11(17)10-7-12-15-14-10/h3-7H,1-2H3,(H,13,17)(H,12,14,15). The molecule has 2 aromatic rings. The highest BCUT2D eigenvalue weighted by Crippen LogP contribution is 2.16. The molecule has 0 bridgehead atoms. The van der Waals surface area contributed by atoms with E-state index in [1.807, 2.05) is 0 Å². The van der Waals surface area contributed by atoms with Gasteiger partial charge in [-0.3, -0.25) is 4.79 Å². The van der Waals surface area contributed by atoms with Gasteiger partial charge >= 0.3 is 0 Å². The molecular formula is C11H13N5O3S. The number of benzene rings is 1. The lowest BCUT2D eigenvalue weighted by Crippen LogP contribution is -2.22. The van der Waals surface area contributed by atoms with E-state index >= 15 is 0 Å². The molecule has 1 aromatic heterocycles. The van der Waals surface area contributed by atoms with Crippen molar-refractivity contribution in [2.45, 2.75) is 4.90 Å². The van der Waals surface area contributed by atoms with Crippen LogP contribution >= 0.6 is 0 Å². The molecular weight excluding hydrogens is 282 g/mol. The number of nitrogens with one attached hydrogen (secondary N) is 2.